The molecule has 1 heterocycles. The molecule has 0 unspecified atom stereocenters. The Morgan fingerprint density at radius 3 is 2.74 bits per heavy atom. The standard InChI is InChI=1S/C9H7ClN4O4S/c10-7-2-1-6(5-8(7)14(15)16)19(17,18)13-9-11-3-4-12-9/h1-5H,(H2,11,12,13). The summed E-state index contributed by atoms with van der Waals surface area (Å²) in [4.78, 5) is 15.9. The minimum atomic E-state index is -3.96. The van der Waals surface area contributed by atoms with Crippen LogP contribution in [0.25, 0.3) is 0 Å². The molecule has 100 valence electrons. The van der Waals surface area contributed by atoms with Crippen LogP contribution in [-0.4, -0.2) is 23.3 Å². The first kappa shape index (κ1) is 13.3. The van der Waals surface area contributed by atoms with Crippen molar-refractivity contribution in [3.8, 4) is 0 Å². The molecule has 1 aromatic heterocycles. The zero-order chi connectivity index (χ0) is 14.0. The van der Waals surface area contributed by atoms with E-state index in [0.717, 1.165) is 12.1 Å². The number of hydrogen-bond donors (Lipinski definition) is 2. The molecule has 0 bridgehead atoms. The second-order valence-corrected chi connectivity index (χ2v) is 5.50. The fourth-order valence-corrected chi connectivity index (χ4v) is 2.49. The smallest absolute Gasteiger partial charge is 0.289 e. The maximum atomic E-state index is 11.9. The molecule has 0 saturated heterocycles. The van der Waals surface area contributed by atoms with Crippen molar-refractivity contribution in [2.75, 3.05) is 4.72 Å². The molecular formula is C9H7ClN4O4S. The number of nitro groups is 1. The number of sulfonamides is 1. The van der Waals surface area contributed by atoms with Gasteiger partial charge in [0.05, 0.1) is 9.82 Å². The lowest BCUT2D eigenvalue weighted by molar-refractivity contribution is -0.384. The van der Waals surface area contributed by atoms with Crippen molar-refractivity contribution in [1.82, 2.24) is 9.97 Å². The molecule has 2 aromatic rings. The Bertz CT molecular complexity index is 714. The van der Waals surface area contributed by atoms with Crippen LogP contribution < -0.4 is 4.72 Å². The van der Waals surface area contributed by atoms with Crippen LogP contribution in [0.5, 0.6) is 0 Å². The zero-order valence-corrected chi connectivity index (χ0v) is 10.8. The van der Waals surface area contributed by atoms with Crippen molar-refractivity contribution in [1.29, 1.82) is 0 Å². The van der Waals surface area contributed by atoms with Gasteiger partial charge in [-0.3, -0.25) is 10.1 Å². The minimum absolute atomic E-state index is 0.0117. The van der Waals surface area contributed by atoms with Gasteiger partial charge in [-0.2, -0.15) is 0 Å². The third-order valence-electron chi connectivity index (χ3n) is 2.15. The summed E-state index contributed by atoms with van der Waals surface area (Å²) in [6, 6.07) is 3.20. The van der Waals surface area contributed by atoms with Crippen LogP contribution in [-0.2, 0) is 10.0 Å². The number of hydrogen-bond acceptors (Lipinski definition) is 5. The Labute approximate surface area is 112 Å². The Morgan fingerprint density at radius 2 is 2.16 bits per heavy atom. The van der Waals surface area contributed by atoms with E-state index in [-0.39, 0.29) is 15.9 Å². The SMILES string of the molecule is O=[N+]([O-])c1cc(S(=O)(=O)Nc2ncc[nH]2)ccc1Cl. The third-order valence-corrected chi connectivity index (χ3v) is 3.81. The molecule has 0 amide bonds. The number of benzene rings is 1. The van der Waals surface area contributed by atoms with Gasteiger partial charge in [-0.05, 0) is 12.1 Å². The highest BCUT2D eigenvalue weighted by atomic mass is 35.5. The molecule has 10 heteroatoms. The lowest BCUT2D eigenvalue weighted by atomic mass is 10.3. The highest BCUT2D eigenvalue weighted by Crippen LogP contribution is 2.27. The first-order valence-electron chi connectivity index (χ1n) is 4.86. The maximum Gasteiger partial charge on any atom is 0.289 e. The number of nitro benzene ring substituents is 1. The third kappa shape index (κ3) is 2.83. The van der Waals surface area contributed by atoms with Gasteiger partial charge in [-0.1, -0.05) is 11.6 Å². The van der Waals surface area contributed by atoms with Gasteiger partial charge in [0.25, 0.3) is 15.7 Å². The number of H-pyrrole nitrogens is 1. The number of anilines is 1. The molecule has 0 radical (unpaired) electrons. The van der Waals surface area contributed by atoms with Gasteiger partial charge in [-0.15, -0.1) is 0 Å². The molecule has 0 saturated carbocycles. The van der Waals surface area contributed by atoms with Gasteiger partial charge in [0, 0.05) is 18.5 Å². The van der Waals surface area contributed by atoms with Crippen LogP contribution in [0.3, 0.4) is 0 Å². The van der Waals surface area contributed by atoms with E-state index in [1.54, 1.807) is 0 Å². The van der Waals surface area contributed by atoms with Crippen LogP contribution in [0.4, 0.5) is 11.6 Å². The first-order valence-corrected chi connectivity index (χ1v) is 6.72. The molecule has 0 spiro atoms. The number of halogens is 1. The van der Waals surface area contributed by atoms with Crippen molar-refractivity contribution in [2.24, 2.45) is 0 Å². The van der Waals surface area contributed by atoms with Crippen LogP contribution >= 0.6 is 11.6 Å². The van der Waals surface area contributed by atoms with Crippen molar-refractivity contribution in [3.05, 3.63) is 45.7 Å². The number of nitrogens with zero attached hydrogens (tertiary/aromatic N) is 2. The highest BCUT2D eigenvalue weighted by molar-refractivity contribution is 7.92. The maximum absolute atomic E-state index is 11.9. The average Bonchev–Trinajstić information content (AvgIpc) is 2.80. The molecule has 0 fully saturated rings. The summed E-state index contributed by atoms with van der Waals surface area (Å²) in [7, 11) is -3.96. The van der Waals surface area contributed by atoms with Crippen LogP contribution in [0.1, 0.15) is 0 Å². The fourth-order valence-electron chi connectivity index (χ4n) is 1.31. The summed E-state index contributed by atoms with van der Waals surface area (Å²) in [5.74, 6) is 0.0117. The van der Waals surface area contributed by atoms with Crippen LogP contribution in [0.15, 0.2) is 35.5 Å². The molecule has 0 aliphatic carbocycles. The van der Waals surface area contributed by atoms with E-state index in [1.165, 1.54) is 18.5 Å². The van der Waals surface area contributed by atoms with Crippen molar-refractivity contribution in [3.63, 3.8) is 0 Å². The lowest BCUT2D eigenvalue weighted by Gasteiger charge is -2.05. The van der Waals surface area contributed by atoms with Gasteiger partial charge < -0.3 is 4.98 Å². The second-order valence-electron chi connectivity index (χ2n) is 3.41. The number of aromatic amines is 1. The molecule has 2 rings (SSSR count). The molecular weight excluding hydrogens is 296 g/mol. The quantitative estimate of drug-likeness (QED) is 0.659. The Hall–Kier alpha value is -2.13. The summed E-state index contributed by atoms with van der Waals surface area (Å²) in [5.41, 5.74) is -0.482. The fraction of sp³-hybridized carbons (Fsp3) is 0. The second kappa shape index (κ2) is 4.86. The molecule has 8 nitrogen and oxygen atoms in total. The highest BCUT2D eigenvalue weighted by Gasteiger charge is 2.21. The van der Waals surface area contributed by atoms with E-state index in [1.807, 2.05) is 0 Å². The number of aromatic nitrogens is 2. The molecule has 19 heavy (non-hydrogen) atoms. The van der Waals surface area contributed by atoms with Gasteiger partial charge in [0.2, 0.25) is 5.95 Å². The van der Waals surface area contributed by atoms with Crippen LogP contribution in [0.2, 0.25) is 5.02 Å². The molecule has 1 aromatic carbocycles. The topological polar surface area (TPSA) is 118 Å². The number of nitrogens with one attached hydrogen (secondary N) is 2. The number of rotatable bonds is 4. The molecule has 0 aliphatic heterocycles. The average molecular weight is 303 g/mol. The minimum Gasteiger partial charge on any atom is -0.330 e. The summed E-state index contributed by atoms with van der Waals surface area (Å²) < 4.78 is 26.0. The predicted molar refractivity (Wildman–Crippen MR) is 67.5 cm³/mol. The normalized spacial score (nSPS) is 11.2. The lowest BCUT2D eigenvalue weighted by Crippen LogP contribution is -2.14. The van der Waals surface area contributed by atoms with Crippen molar-refractivity contribution in [2.45, 2.75) is 4.90 Å². The number of imidazole rings is 1. The summed E-state index contributed by atoms with van der Waals surface area (Å²) in [5, 5.41) is 10.6. The van der Waals surface area contributed by atoms with Crippen LogP contribution in [0, 0.1) is 10.1 Å². The molecule has 0 aliphatic rings. The van der Waals surface area contributed by atoms with E-state index < -0.39 is 20.6 Å². The van der Waals surface area contributed by atoms with E-state index in [0.29, 0.717) is 0 Å². The molecule has 0 atom stereocenters. The van der Waals surface area contributed by atoms with Gasteiger partial charge >= 0.3 is 0 Å². The zero-order valence-electron chi connectivity index (χ0n) is 9.20. The first-order chi connectivity index (χ1) is 8.90. The Kier molecular flexibility index (Phi) is 3.40. The van der Waals surface area contributed by atoms with Gasteiger partial charge in [0.15, 0.2) is 0 Å². The summed E-state index contributed by atoms with van der Waals surface area (Å²) in [6.07, 6.45) is 2.80. The summed E-state index contributed by atoms with van der Waals surface area (Å²) >= 11 is 5.61. The van der Waals surface area contributed by atoms with E-state index in [4.69, 9.17) is 11.6 Å². The largest absolute Gasteiger partial charge is 0.330 e. The monoisotopic (exact) mass is 302 g/mol. The van der Waals surface area contributed by atoms with E-state index >= 15 is 0 Å². The summed E-state index contributed by atoms with van der Waals surface area (Å²) in [6.45, 7) is 0. The van der Waals surface area contributed by atoms with Gasteiger partial charge in [0.1, 0.15) is 5.02 Å². The van der Waals surface area contributed by atoms with Crippen molar-refractivity contribution >= 4 is 33.3 Å². The van der Waals surface area contributed by atoms with Gasteiger partial charge in [-0.25, -0.2) is 18.1 Å². The Morgan fingerprint density at radius 1 is 1.42 bits per heavy atom. The van der Waals surface area contributed by atoms with Crippen molar-refractivity contribution < 1.29 is 13.3 Å². The molecule has 2 N–H and O–H groups in total. The van der Waals surface area contributed by atoms with E-state index in [2.05, 4.69) is 14.7 Å². The Balaban J connectivity index is 2.41. The predicted octanol–water partition coefficient (Wildman–Crippen LogP) is 1.77. The van der Waals surface area contributed by atoms with E-state index in [9.17, 15) is 18.5 Å².